The molecule has 20 heavy (non-hydrogen) atoms. The number of hydrogen-bond donors (Lipinski definition) is 1. The van der Waals surface area contributed by atoms with Crippen molar-refractivity contribution in [2.75, 3.05) is 7.05 Å². The van der Waals surface area contributed by atoms with Crippen LogP contribution in [0.4, 0.5) is 0 Å². The molecule has 0 aromatic heterocycles. The Balaban J connectivity index is 2.09. The summed E-state index contributed by atoms with van der Waals surface area (Å²) in [5.41, 5.74) is 3.92. The highest BCUT2D eigenvalue weighted by Gasteiger charge is 2.11. The number of nitrogens with one attached hydrogen (secondary N) is 1. The van der Waals surface area contributed by atoms with E-state index in [-0.39, 0.29) is 6.04 Å². The molecule has 1 nitrogen and oxygen atoms in total. The molecule has 0 aliphatic carbocycles. The summed E-state index contributed by atoms with van der Waals surface area (Å²) in [5, 5.41) is 4.57. The Bertz CT molecular complexity index is 581. The number of aryl methyl sites for hydroxylation is 2. The van der Waals surface area contributed by atoms with Crippen molar-refractivity contribution in [3.05, 3.63) is 69.2 Å². The van der Waals surface area contributed by atoms with E-state index in [9.17, 15) is 0 Å². The van der Waals surface area contributed by atoms with Gasteiger partial charge in [0.2, 0.25) is 0 Å². The molecule has 0 aliphatic heterocycles. The summed E-state index contributed by atoms with van der Waals surface area (Å²) < 4.78 is 0. The maximum absolute atomic E-state index is 6.10. The molecule has 0 bridgehead atoms. The average Bonchev–Trinajstić information content (AvgIpc) is 2.45. The van der Waals surface area contributed by atoms with E-state index in [0.717, 1.165) is 12.8 Å². The van der Waals surface area contributed by atoms with Gasteiger partial charge in [0, 0.05) is 6.04 Å². The maximum Gasteiger partial charge on any atom is 0.0595 e. The Morgan fingerprint density at radius 2 is 1.80 bits per heavy atom. The first-order chi connectivity index (χ1) is 9.61. The largest absolute Gasteiger partial charge is 0.313 e. The fourth-order valence-electron chi connectivity index (χ4n) is 2.40. The van der Waals surface area contributed by atoms with Gasteiger partial charge in [-0.2, -0.15) is 0 Å². The summed E-state index contributed by atoms with van der Waals surface area (Å²) in [7, 11) is 1.98. The first-order valence-corrected chi connectivity index (χ1v) is 7.54. The first-order valence-electron chi connectivity index (χ1n) is 6.78. The molecule has 1 N–H and O–H groups in total. The van der Waals surface area contributed by atoms with Crippen LogP contribution in [-0.4, -0.2) is 7.05 Å². The van der Waals surface area contributed by atoms with Crippen molar-refractivity contribution in [3.63, 3.8) is 0 Å². The van der Waals surface area contributed by atoms with Crippen molar-refractivity contribution in [2.45, 2.75) is 25.8 Å². The zero-order valence-electron chi connectivity index (χ0n) is 11.8. The number of hydrogen-bond acceptors (Lipinski definition) is 1. The van der Waals surface area contributed by atoms with Crippen LogP contribution in [-0.2, 0) is 6.42 Å². The van der Waals surface area contributed by atoms with Gasteiger partial charge >= 0.3 is 0 Å². The van der Waals surface area contributed by atoms with E-state index in [1.807, 2.05) is 25.2 Å². The van der Waals surface area contributed by atoms with E-state index in [4.69, 9.17) is 23.2 Å². The molecule has 0 saturated carbocycles. The van der Waals surface area contributed by atoms with Crippen molar-refractivity contribution < 1.29 is 0 Å². The van der Waals surface area contributed by atoms with Crippen molar-refractivity contribution in [2.24, 2.45) is 0 Å². The zero-order valence-corrected chi connectivity index (χ0v) is 13.3. The predicted octanol–water partition coefficient (Wildman–Crippen LogP) is 5.20. The SMILES string of the molecule is CNC(CCc1ccccc1C)c1ccc(Cl)c(Cl)c1. The third-order valence-corrected chi connectivity index (χ3v) is 4.40. The molecule has 1 unspecified atom stereocenters. The Morgan fingerprint density at radius 1 is 1.05 bits per heavy atom. The Kier molecular flexibility index (Phi) is 5.47. The molecule has 2 aromatic carbocycles. The normalized spacial score (nSPS) is 12.4. The van der Waals surface area contributed by atoms with Crippen LogP contribution in [0.1, 0.15) is 29.2 Å². The summed E-state index contributed by atoms with van der Waals surface area (Å²) in [6.07, 6.45) is 2.07. The maximum atomic E-state index is 6.10. The second-order valence-electron chi connectivity index (χ2n) is 4.98. The number of halogens is 2. The Labute approximate surface area is 130 Å². The van der Waals surface area contributed by atoms with E-state index in [0.29, 0.717) is 10.0 Å². The van der Waals surface area contributed by atoms with E-state index in [1.165, 1.54) is 16.7 Å². The fourth-order valence-corrected chi connectivity index (χ4v) is 2.70. The molecule has 3 heteroatoms. The molecule has 0 radical (unpaired) electrons. The molecule has 1 atom stereocenters. The standard InChI is InChI=1S/C17H19Cl2N/c1-12-5-3-4-6-13(12)8-10-17(20-2)14-7-9-15(18)16(19)11-14/h3-7,9,11,17,20H,8,10H2,1-2H3. The van der Waals surface area contributed by atoms with Crippen LogP contribution >= 0.6 is 23.2 Å². The lowest BCUT2D eigenvalue weighted by Gasteiger charge is -2.18. The molecule has 0 amide bonds. The van der Waals surface area contributed by atoms with Gasteiger partial charge in [-0.15, -0.1) is 0 Å². The van der Waals surface area contributed by atoms with Crippen LogP contribution in [0, 0.1) is 6.92 Å². The average molecular weight is 308 g/mol. The minimum absolute atomic E-state index is 0.282. The highest BCUT2D eigenvalue weighted by atomic mass is 35.5. The molecule has 0 heterocycles. The Morgan fingerprint density at radius 3 is 2.45 bits per heavy atom. The Hall–Kier alpha value is -1.02. The van der Waals surface area contributed by atoms with E-state index < -0.39 is 0 Å². The third kappa shape index (κ3) is 3.76. The summed E-state index contributed by atoms with van der Waals surface area (Å²) in [6, 6.07) is 14.6. The molecule has 0 saturated heterocycles. The third-order valence-electron chi connectivity index (χ3n) is 3.66. The lowest BCUT2D eigenvalue weighted by Crippen LogP contribution is -2.17. The van der Waals surface area contributed by atoms with Crippen LogP contribution in [0.2, 0.25) is 10.0 Å². The monoisotopic (exact) mass is 307 g/mol. The van der Waals surface area contributed by atoms with Gasteiger partial charge in [-0.1, -0.05) is 53.5 Å². The molecule has 0 fully saturated rings. The van der Waals surface area contributed by atoms with Gasteiger partial charge in [-0.05, 0) is 55.6 Å². The molecule has 106 valence electrons. The van der Waals surface area contributed by atoms with Crippen molar-refractivity contribution in [3.8, 4) is 0 Å². The molecular weight excluding hydrogens is 289 g/mol. The topological polar surface area (TPSA) is 12.0 Å². The van der Waals surface area contributed by atoms with Gasteiger partial charge in [0.1, 0.15) is 0 Å². The molecule has 2 aromatic rings. The van der Waals surface area contributed by atoms with Crippen LogP contribution in [0.15, 0.2) is 42.5 Å². The lowest BCUT2D eigenvalue weighted by molar-refractivity contribution is 0.548. The van der Waals surface area contributed by atoms with Gasteiger partial charge in [0.05, 0.1) is 10.0 Å². The van der Waals surface area contributed by atoms with Crippen LogP contribution in [0.5, 0.6) is 0 Å². The quantitative estimate of drug-likeness (QED) is 0.801. The van der Waals surface area contributed by atoms with E-state index in [2.05, 4.69) is 36.5 Å². The lowest BCUT2D eigenvalue weighted by atomic mass is 9.97. The van der Waals surface area contributed by atoms with Gasteiger partial charge in [0.25, 0.3) is 0 Å². The molecule has 0 aliphatic rings. The van der Waals surface area contributed by atoms with Crippen LogP contribution in [0.3, 0.4) is 0 Å². The van der Waals surface area contributed by atoms with E-state index in [1.54, 1.807) is 0 Å². The highest BCUT2D eigenvalue weighted by molar-refractivity contribution is 6.42. The summed E-state index contributed by atoms with van der Waals surface area (Å²) in [5.74, 6) is 0. The molecule has 0 spiro atoms. The summed E-state index contributed by atoms with van der Waals surface area (Å²) in [6.45, 7) is 2.16. The smallest absolute Gasteiger partial charge is 0.0595 e. The van der Waals surface area contributed by atoms with Crippen molar-refractivity contribution in [1.82, 2.24) is 5.32 Å². The van der Waals surface area contributed by atoms with E-state index >= 15 is 0 Å². The van der Waals surface area contributed by atoms with Gasteiger partial charge in [-0.3, -0.25) is 0 Å². The summed E-state index contributed by atoms with van der Waals surface area (Å²) >= 11 is 12.1. The van der Waals surface area contributed by atoms with Gasteiger partial charge in [-0.25, -0.2) is 0 Å². The highest BCUT2D eigenvalue weighted by Crippen LogP contribution is 2.27. The molecular formula is C17H19Cl2N. The predicted molar refractivity (Wildman–Crippen MR) is 87.8 cm³/mol. The van der Waals surface area contributed by atoms with Crippen LogP contribution in [0.25, 0.3) is 0 Å². The zero-order chi connectivity index (χ0) is 14.5. The fraction of sp³-hybridized carbons (Fsp3) is 0.294. The van der Waals surface area contributed by atoms with Crippen molar-refractivity contribution >= 4 is 23.2 Å². The number of benzene rings is 2. The molecule has 2 rings (SSSR count). The van der Waals surface area contributed by atoms with Crippen molar-refractivity contribution in [1.29, 1.82) is 0 Å². The van der Waals surface area contributed by atoms with Crippen LogP contribution < -0.4 is 5.32 Å². The van der Waals surface area contributed by atoms with Gasteiger partial charge in [0.15, 0.2) is 0 Å². The minimum Gasteiger partial charge on any atom is -0.313 e. The van der Waals surface area contributed by atoms with Gasteiger partial charge < -0.3 is 5.32 Å². The minimum atomic E-state index is 0.282. The second-order valence-corrected chi connectivity index (χ2v) is 5.79. The first kappa shape index (κ1) is 15.4. The summed E-state index contributed by atoms with van der Waals surface area (Å²) in [4.78, 5) is 0. The number of rotatable bonds is 5. The second kappa shape index (κ2) is 7.12.